The van der Waals surface area contributed by atoms with Gasteiger partial charge in [0.25, 0.3) is 0 Å². The van der Waals surface area contributed by atoms with Crippen molar-refractivity contribution in [3.63, 3.8) is 0 Å². The summed E-state index contributed by atoms with van der Waals surface area (Å²) in [5.41, 5.74) is 5.32. The third-order valence-electron chi connectivity index (χ3n) is 6.53. The van der Waals surface area contributed by atoms with E-state index < -0.39 is 0 Å². The molecule has 1 aliphatic rings. The molecule has 2 aromatic rings. The van der Waals surface area contributed by atoms with Crippen LogP contribution in [0, 0.1) is 0 Å². The second-order valence-electron chi connectivity index (χ2n) is 12.2. The van der Waals surface area contributed by atoms with E-state index in [9.17, 15) is 0 Å². The highest BCUT2D eigenvalue weighted by molar-refractivity contribution is 7.34. The van der Waals surface area contributed by atoms with E-state index in [1.54, 1.807) is 7.11 Å². The number of benzene rings is 2. The molecule has 2 unspecified atom stereocenters. The number of methoxy groups -OCH3 is 1. The zero-order valence-electron chi connectivity index (χ0n) is 29.4. The van der Waals surface area contributed by atoms with Crippen LogP contribution < -0.4 is 24.2 Å². The standard InChI is InChI=1S/C29H40NO3P.C2H8NP.2C2H6/c1-18(2)12-13-30-34-33-24-17-20(28(6,7)8)15-22-26(24)32-25-21(29(22,9)10)14-19(27(3,4)5)16-23(25)31-11;1-3-4-2;2*1-2/h12-17,30,34H,1H2,2-11H3;3-4H,1-2H3;2*1-2H3/b13-12-;;;. The van der Waals surface area contributed by atoms with Crippen LogP contribution in [-0.2, 0) is 16.2 Å². The van der Waals surface area contributed by atoms with Crippen molar-refractivity contribution in [3.05, 3.63) is 70.9 Å². The number of fused-ring (bicyclic) bond motifs is 2. The Kier molecular flexibility index (Phi) is 17.0. The molecule has 2 atom stereocenters. The zero-order chi connectivity index (χ0) is 32.9. The molecule has 0 radical (unpaired) electrons. The van der Waals surface area contributed by atoms with Gasteiger partial charge in [0.15, 0.2) is 32.0 Å². The molecule has 2 N–H and O–H groups in total. The lowest BCUT2D eigenvalue weighted by Crippen LogP contribution is -2.27. The molecular formula is C35H60N2O3P2. The quantitative estimate of drug-likeness (QED) is 0.184. The Labute approximate surface area is 262 Å². The van der Waals surface area contributed by atoms with Crippen molar-refractivity contribution in [2.45, 2.75) is 106 Å². The smallest absolute Gasteiger partial charge is 0.174 e. The maximum absolute atomic E-state index is 6.59. The van der Waals surface area contributed by atoms with Gasteiger partial charge in [-0.05, 0) is 60.8 Å². The molecule has 0 spiro atoms. The Balaban J connectivity index is 0.00000190. The minimum atomic E-state index is -0.298. The summed E-state index contributed by atoms with van der Waals surface area (Å²) in [4.78, 5) is 0. The Morgan fingerprint density at radius 2 is 1.31 bits per heavy atom. The molecule has 1 heterocycles. The molecular weight excluding hydrogens is 558 g/mol. The molecule has 0 aliphatic carbocycles. The maximum Gasteiger partial charge on any atom is 0.174 e. The highest BCUT2D eigenvalue weighted by Gasteiger charge is 2.40. The Morgan fingerprint density at radius 3 is 1.69 bits per heavy atom. The number of hydrogen-bond donors (Lipinski definition) is 2. The Bertz CT molecular complexity index is 1160. The van der Waals surface area contributed by atoms with E-state index in [0.29, 0.717) is 0 Å². The Morgan fingerprint density at radius 1 is 0.881 bits per heavy atom. The lowest BCUT2D eigenvalue weighted by Gasteiger charge is -2.38. The van der Waals surface area contributed by atoms with Gasteiger partial charge in [-0.3, -0.25) is 0 Å². The number of nitrogens with one attached hydrogen (secondary N) is 2. The van der Waals surface area contributed by atoms with Crippen molar-refractivity contribution in [1.29, 1.82) is 0 Å². The van der Waals surface area contributed by atoms with Crippen molar-refractivity contribution < 1.29 is 14.0 Å². The van der Waals surface area contributed by atoms with Gasteiger partial charge in [-0.25, -0.2) is 0 Å². The summed E-state index contributed by atoms with van der Waals surface area (Å²) >= 11 is 0. The van der Waals surface area contributed by atoms with E-state index in [4.69, 9.17) is 14.0 Å². The average molecular weight is 619 g/mol. The molecule has 0 fully saturated rings. The van der Waals surface area contributed by atoms with Gasteiger partial charge in [-0.15, -0.1) is 0 Å². The van der Waals surface area contributed by atoms with Crippen LogP contribution in [0.4, 0.5) is 0 Å². The van der Waals surface area contributed by atoms with Crippen molar-refractivity contribution >= 4 is 17.7 Å². The largest absolute Gasteiger partial charge is 0.493 e. The first-order chi connectivity index (χ1) is 19.6. The lowest BCUT2D eigenvalue weighted by atomic mass is 9.72. The highest BCUT2D eigenvalue weighted by atomic mass is 31.1. The van der Waals surface area contributed by atoms with Crippen LogP contribution in [0.1, 0.15) is 112 Å². The van der Waals surface area contributed by atoms with Crippen LogP contribution in [0.3, 0.4) is 0 Å². The molecule has 1 aliphatic heterocycles. The fourth-order valence-corrected chi connectivity index (χ4v) is 4.46. The molecule has 0 bridgehead atoms. The van der Waals surface area contributed by atoms with Crippen LogP contribution >= 0.6 is 17.7 Å². The van der Waals surface area contributed by atoms with Crippen LogP contribution in [0.15, 0.2) is 48.7 Å². The van der Waals surface area contributed by atoms with Gasteiger partial charge in [-0.1, -0.05) is 116 Å². The second kappa shape index (κ2) is 17.9. The van der Waals surface area contributed by atoms with Crippen LogP contribution in [0.25, 0.3) is 0 Å². The minimum absolute atomic E-state index is 0.00963. The van der Waals surface area contributed by atoms with E-state index in [1.807, 2.05) is 53.9 Å². The molecule has 0 saturated carbocycles. The van der Waals surface area contributed by atoms with E-state index in [-0.39, 0.29) is 25.2 Å². The van der Waals surface area contributed by atoms with Crippen molar-refractivity contribution in [3.8, 4) is 23.0 Å². The first-order valence-electron chi connectivity index (χ1n) is 15.0. The topological polar surface area (TPSA) is 51.8 Å². The summed E-state index contributed by atoms with van der Waals surface area (Å²) in [7, 11) is 4.58. The summed E-state index contributed by atoms with van der Waals surface area (Å²) in [6.07, 6.45) is 3.78. The Hall–Kier alpha value is -2.06. The first-order valence-corrected chi connectivity index (χ1v) is 17.4. The van der Waals surface area contributed by atoms with Gasteiger partial charge in [0.2, 0.25) is 0 Å². The van der Waals surface area contributed by atoms with Gasteiger partial charge in [-0.2, -0.15) is 0 Å². The number of hydrogen-bond acceptors (Lipinski definition) is 5. The molecule has 0 aromatic heterocycles. The van der Waals surface area contributed by atoms with E-state index >= 15 is 0 Å². The fraction of sp³-hybridized carbons (Fsp3) is 0.543. The molecule has 238 valence electrons. The molecule has 0 saturated heterocycles. The van der Waals surface area contributed by atoms with Crippen LogP contribution in [0.2, 0.25) is 0 Å². The highest BCUT2D eigenvalue weighted by Crippen LogP contribution is 2.56. The van der Waals surface area contributed by atoms with Gasteiger partial charge in [0.1, 0.15) is 0 Å². The molecule has 2 aromatic carbocycles. The summed E-state index contributed by atoms with van der Waals surface area (Å²) in [5, 5.41) is 6.16. The van der Waals surface area contributed by atoms with Gasteiger partial charge in [0, 0.05) is 22.7 Å². The summed E-state index contributed by atoms with van der Waals surface area (Å²) in [6.45, 7) is 33.8. The maximum atomic E-state index is 6.59. The van der Waals surface area contributed by atoms with Crippen molar-refractivity contribution in [2.75, 3.05) is 20.8 Å². The van der Waals surface area contributed by atoms with E-state index in [1.165, 1.54) is 11.1 Å². The first kappa shape index (κ1) is 39.9. The lowest BCUT2D eigenvalue weighted by molar-refractivity contribution is 0.348. The normalized spacial score (nSPS) is 13.5. The predicted molar refractivity (Wildman–Crippen MR) is 191 cm³/mol. The van der Waals surface area contributed by atoms with Gasteiger partial charge < -0.3 is 24.2 Å². The van der Waals surface area contributed by atoms with Gasteiger partial charge >= 0.3 is 0 Å². The minimum Gasteiger partial charge on any atom is -0.493 e. The SMILES string of the molecule is C=C(C)/C=C\NPOc1cc(C(C)(C)C)cc2c1Oc1c(OC)cc(C(C)(C)C)cc1C2(C)C.CC.CC.CNPC. The van der Waals surface area contributed by atoms with Crippen LogP contribution in [-0.4, -0.2) is 20.8 Å². The predicted octanol–water partition coefficient (Wildman–Crippen LogP) is 10.8. The number of ether oxygens (including phenoxy) is 2. The monoisotopic (exact) mass is 618 g/mol. The molecule has 0 amide bonds. The summed E-state index contributed by atoms with van der Waals surface area (Å²) < 4.78 is 18.7. The van der Waals surface area contributed by atoms with E-state index in [2.05, 4.69) is 103 Å². The van der Waals surface area contributed by atoms with Gasteiger partial charge in [0.05, 0.1) is 7.11 Å². The summed E-state index contributed by atoms with van der Waals surface area (Å²) in [6, 6.07) is 8.75. The zero-order valence-corrected chi connectivity index (χ0v) is 31.4. The van der Waals surface area contributed by atoms with E-state index in [0.717, 1.165) is 48.4 Å². The summed E-state index contributed by atoms with van der Waals surface area (Å²) in [5.74, 6) is 3.00. The van der Waals surface area contributed by atoms with Crippen molar-refractivity contribution in [1.82, 2.24) is 10.2 Å². The van der Waals surface area contributed by atoms with Crippen molar-refractivity contribution in [2.24, 2.45) is 0 Å². The molecule has 3 rings (SSSR count). The number of allylic oxidation sites excluding steroid dienone is 2. The number of rotatable bonds is 7. The third-order valence-corrected chi connectivity index (χ3v) is 7.64. The molecule has 7 heteroatoms. The average Bonchev–Trinajstić information content (AvgIpc) is 2.93. The molecule has 5 nitrogen and oxygen atoms in total. The molecule has 42 heavy (non-hydrogen) atoms. The second-order valence-corrected chi connectivity index (χ2v) is 13.9. The fourth-order valence-electron chi connectivity index (χ4n) is 3.99. The third kappa shape index (κ3) is 10.9. The van der Waals surface area contributed by atoms with Crippen LogP contribution in [0.5, 0.6) is 23.0 Å².